The van der Waals surface area contributed by atoms with Crippen LogP contribution in [-0.2, 0) is 6.42 Å². The van der Waals surface area contributed by atoms with Crippen LogP contribution < -0.4 is 4.90 Å². The highest BCUT2D eigenvalue weighted by molar-refractivity contribution is 5.67. The van der Waals surface area contributed by atoms with Crippen molar-refractivity contribution in [1.29, 1.82) is 0 Å². The lowest BCUT2D eigenvalue weighted by molar-refractivity contribution is 0.144. The Balaban J connectivity index is 1.61. The number of hydrogen-bond acceptors (Lipinski definition) is 3. The van der Waals surface area contributed by atoms with E-state index in [0.717, 1.165) is 18.7 Å². The first-order valence-corrected chi connectivity index (χ1v) is 7.86. The van der Waals surface area contributed by atoms with E-state index in [-0.39, 0.29) is 11.5 Å². The van der Waals surface area contributed by atoms with Crippen LogP contribution >= 0.6 is 0 Å². The molecule has 2 saturated heterocycles. The summed E-state index contributed by atoms with van der Waals surface area (Å²) in [7, 11) is 0. The number of likely N-dealkylation sites (tertiary alicyclic amines) is 1. The Morgan fingerprint density at radius 2 is 2.04 bits per heavy atom. The van der Waals surface area contributed by atoms with Gasteiger partial charge in [0.05, 0.1) is 17.9 Å². The van der Waals surface area contributed by atoms with Crippen LogP contribution in [0.4, 0.5) is 10.5 Å². The van der Waals surface area contributed by atoms with Gasteiger partial charge in [0.15, 0.2) is 0 Å². The van der Waals surface area contributed by atoms with Crippen molar-refractivity contribution in [3.63, 3.8) is 0 Å². The van der Waals surface area contributed by atoms with Crippen LogP contribution in [0.2, 0.25) is 0 Å². The van der Waals surface area contributed by atoms with E-state index in [9.17, 15) is 9.90 Å². The van der Waals surface area contributed by atoms with Crippen LogP contribution in [0.25, 0.3) is 0 Å². The van der Waals surface area contributed by atoms with E-state index < -0.39 is 6.09 Å². The maximum absolute atomic E-state index is 11.5. The Morgan fingerprint density at radius 1 is 1.22 bits per heavy atom. The van der Waals surface area contributed by atoms with Crippen molar-refractivity contribution in [2.75, 3.05) is 24.5 Å². The normalized spacial score (nSPS) is 25.8. The summed E-state index contributed by atoms with van der Waals surface area (Å²) >= 11 is 0. The molecule has 1 aromatic heterocycles. The zero-order valence-corrected chi connectivity index (χ0v) is 12.8. The molecule has 1 N–H and O–H groups in total. The standard InChI is InChI=1S/C18H19N3O2/c22-17(23)20-11-16-18(12-20,9-14-5-2-1-3-6-14)13-21(16)15-7-4-8-19-10-15/h1-8,10,16H,9,11-13H2,(H,22,23)/t16-,18-/m0/s1. The van der Waals surface area contributed by atoms with Gasteiger partial charge >= 0.3 is 6.09 Å². The van der Waals surface area contributed by atoms with Gasteiger partial charge in [0.25, 0.3) is 0 Å². The lowest BCUT2D eigenvalue weighted by Gasteiger charge is -2.54. The van der Waals surface area contributed by atoms with Gasteiger partial charge in [-0.2, -0.15) is 0 Å². The molecule has 1 amide bonds. The average molecular weight is 309 g/mol. The van der Waals surface area contributed by atoms with Gasteiger partial charge in [0.1, 0.15) is 0 Å². The van der Waals surface area contributed by atoms with Gasteiger partial charge in [-0.3, -0.25) is 4.98 Å². The van der Waals surface area contributed by atoms with Gasteiger partial charge in [-0.25, -0.2) is 4.79 Å². The second kappa shape index (κ2) is 5.26. The van der Waals surface area contributed by atoms with E-state index in [0.29, 0.717) is 13.1 Å². The van der Waals surface area contributed by atoms with Crippen molar-refractivity contribution in [3.8, 4) is 0 Å². The minimum Gasteiger partial charge on any atom is -0.465 e. The number of amides is 1. The van der Waals surface area contributed by atoms with E-state index in [1.165, 1.54) is 5.56 Å². The summed E-state index contributed by atoms with van der Waals surface area (Å²) in [5.41, 5.74) is 2.36. The Labute approximate surface area is 135 Å². The molecular formula is C18H19N3O2. The molecule has 5 nitrogen and oxygen atoms in total. The third kappa shape index (κ3) is 2.32. The van der Waals surface area contributed by atoms with Gasteiger partial charge in [0.2, 0.25) is 0 Å². The molecule has 1 aromatic carbocycles. The zero-order valence-electron chi connectivity index (χ0n) is 12.8. The van der Waals surface area contributed by atoms with Crippen LogP contribution in [0.1, 0.15) is 5.56 Å². The number of benzene rings is 1. The van der Waals surface area contributed by atoms with E-state index in [1.807, 2.05) is 36.5 Å². The lowest BCUT2D eigenvalue weighted by atomic mass is 9.69. The molecular weight excluding hydrogens is 290 g/mol. The summed E-state index contributed by atoms with van der Waals surface area (Å²) in [5.74, 6) is 0. The van der Waals surface area contributed by atoms with Gasteiger partial charge in [-0.1, -0.05) is 30.3 Å². The monoisotopic (exact) mass is 309 g/mol. The zero-order chi connectivity index (χ0) is 15.9. The number of rotatable bonds is 3. The molecule has 0 bridgehead atoms. The van der Waals surface area contributed by atoms with Crippen LogP contribution in [0, 0.1) is 5.41 Å². The van der Waals surface area contributed by atoms with Gasteiger partial charge < -0.3 is 14.9 Å². The van der Waals surface area contributed by atoms with Crippen LogP contribution in [0.5, 0.6) is 0 Å². The fraction of sp³-hybridized carbons (Fsp3) is 0.333. The molecule has 2 fully saturated rings. The third-order valence-corrected chi connectivity index (χ3v) is 5.11. The highest BCUT2D eigenvalue weighted by atomic mass is 16.4. The average Bonchev–Trinajstić information content (AvgIpc) is 2.84. The molecule has 23 heavy (non-hydrogen) atoms. The van der Waals surface area contributed by atoms with Crippen LogP contribution in [-0.4, -0.2) is 46.8 Å². The number of fused-ring (bicyclic) bond motifs is 1. The van der Waals surface area contributed by atoms with Crippen LogP contribution in [0.15, 0.2) is 54.9 Å². The van der Waals surface area contributed by atoms with Crippen molar-refractivity contribution < 1.29 is 9.90 Å². The Kier molecular flexibility index (Phi) is 3.22. The van der Waals surface area contributed by atoms with Crippen molar-refractivity contribution in [2.24, 2.45) is 5.41 Å². The number of anilines is 1. The molecule has 3 heterocycles. The number of nitrogens with zero attached hydrogens (tertiary/aromatic N) is 3. The van der Waals surface area contributed by atoms with Crippen molar-refractivity contribution in [2.45, 2.75) is 12.5 Å². The molecule has 5 heteroatoms. The topological polar surface area (TPSA) is 56.7 Å². The second-order valence-electron chi connectivity index (χ2n) is 6.54. The first-order valence-electron chi connectivity index (χ1n) is 7.86. The Morgan fingerprint density at radius 3 is 2.74 bits per heavy atom. The molecule has 2 aliphatic heterocycles. The predicted octanol–water partition coefficient (Wildman–Crippen LogP) is 2.49. The summed E-state index contributed by atoms with van der Waals surface area (Å²) in [6, 6.07) is 14.6. The Hall–Kier alpha value is -2.56. The highest BCUT2D eigenvalue weighted by Gasteiger charge is 2.58. The van der Waals surface area contributed by atoms with E-state index >= 15 is 0 Å². The van der Waals surface area contributed by atoms with E-state index in [4.69, 9.17) is 0 Å². The highest BCUT2D eigenvalue weighted by Crippen LogP contribution is 2.48. The maximum atomic E-state index is 11.5. The molecule has 0 radical (unpaired) electrons. The largest absolute Gasteiger partial charge is 0.465 e. The number of aromatic nitrogens is 1. The first-order chi connectivity index (χ1) is 11.2. The van der Waals surface area contributed by atoms with Crippen molar-refractivity contribution >= 4 is 11.8 Å². The first kappa shape index (κ1) is 14.1. The summed E-state index contributed by atoms with van der Waals surface area (Å²) in [4.78, 5) is 19.5. The van der Waals surface area contributed by atoms with Crippen LogP contribution in [0.3, 0.4) is 0 Å². The quantitative estimate of drug-likeness (QED) is 0.946. The van der Waals surface area contributed by atoms with E-state index in [1.54, 1.807) is 11.1 Å². The molecule has 0 saturated carbocycles. The summed E-state index contributed by atoms with van der Waals surface area (Å²) in [5, 5.41) is 9.41. The second-order valence-corrected chi connectivity index (χ2v) is 6.54. The third-order valence-electron chi connectivity index (χ3n) is 5.11. The maximum Gasteiger partial charge on any atom is 0.407 e. The molecule has 0 unspecified atom stereocenters. The van der Waals surface area contributed by atoms with Gasteiger partial charge in [-0.15, -0.1) is 0 Å². The smallest absolute Gasteiger partial charge is 0.407 e. The fourth-order valence-electron chi connectivity index (χ4n) is 4.05. The lowest BCUT2D eigenvalue weighted by Crippen LogP contribution is -2.65. The summed E-state index contributed by atoms with van der Waals surface area (Å²) in [6.07, 6.45) is 3.71. The molecule has 2 atom stereocenters. The van der Waals surface area contributed by atoms with Gasteiger partial charge in [0, 0.05) is 31.2 Å². The molecule has 118 valence electrons. The Bertz CT molecular complexity index is 707. The van der Waals surface area contributed by atoms with Crippen molar-refractivity contribution in [1.82, 2.24) is 9.88 Å². The molecule has 2 aliphatic rings. The summed E-state index contributed by atoms with van der Waals surface area (Å²) in [6.45, 7) is 2.05. The van der Waals surface area contributed by atoms with Crippen molar-refractivity contribution in [3.05, 3.63) is 60.4 Å². The molecule has 0 aliphatic carbocycles. The molecule has 0 spiro atoms. The molecule has 2 aromatic rings. The predicted molar refractivity (Wildman–Crippen MR) is 87.5 cm³/mol. The number of pyridine rings is 1. The minimum atomic E-state index is -0.821. The summed E-state index contributed by atoms with van der Waals surface area (Å²) < 4.78 is 0. The SMILES string of the molecule is O=C(O)N1C[C@@H]2N(c3cccnc3)C[C@]2(Cc2ccccc2)C1. The van der Waals surface area contributed by atoms with Gasteiger partial charge in [-0.05, 0) is 24.1 Å². The fourth-order valence-corrected chi connectivity index (χ4v) is 4.05. The molecule has 4 rings (SSSR count). The minimum absolute atomic E-state index is 0.00951. The number of carboxylic acid groups (broad SMARTS) is 1. The number of carbonyl (C=O) groups is 1. The van der Waals surface area contributed by atoms with E-state index in [2.05, 4.69) is 22.0 Å². The number of hydrogen-bond donors (Lipinski definition) is 1.